The average Bonchev–Trinajstić information content (AvgIpc) is 2.40. The van der Waals surface area contributed by atoms with Gasteiger partial charge in [-0.25, -0.2) is 0 Å². The highest BCUT2D eigenvalue weighted by atomic mass is 33.1. The quantitative estimate of drug-likeness (QED) is 0.342. The molecule has 5 unspecified atom stereocenters. The predicted octanol–water partition coefficient (Wildman–Crippen LogP) is 4.03. The maximum absolute atomic E-state index is 11.5. The Labute approximate surface area is 149 Å². The van der Waals surface area contributed by atoms with Crippen LogP contribution in [-0.2, 0) is 13.7 Å². The van der Waals surface area contributed by atoms with Gasteiger partial charge in [-0.1, -0.05) is 32.4 Å². The molecule has 2 aliphatic carbocycles. The van der Waals surface area contributed by atoms with Gasteiger partial charge in [-0.15, -0.1) is 0 Å². The van der Waals surface area contributed by atoms with Gasteiger partial charge in [-0.3, -0.25) is 4.79 Å². The summed E-state index contributed by atoms with van der Waals surface area (Å²) in [4.78, 5) is 11.5. The van der Waals surface area contributed by atoms with Gasteiger partial charge in [0.2, 0.25) is 0 Å². The van der Waals surface area contributed by atoms with Crippen molar-refractivity contribution in [3.8, 4) is 0 Å². The molecule has 5 atom stereocenters. The second kappa shape index (κ2) is 6.77. The molecule has 23 heavy (non-hydrogen) atoms. The van der Waals surface area contributed by atoms with Crippen LogP contribution < -0.4 is 0 Å². The van der Waals surface area contributed by atoms with Crippen LogP contribution in [0.1, 0.15) is 60.3 Å². The minimum absolute atomic E-state index is 0.0363. The summed E-state index contributed by atoms with van der Waals surface area (Å²) in [7, 11) is 0. The Hall–Kier alpha value is 0.0900. The maximum atomic E-state index is 11.5. The fraction of sp³-hybridized carbons (Fsp3) is 0.941. The van der Waals surface area contributed by atoms with Crippen LogP contribution in [0.2, 0.25) is 0 Å². The molecule has 0 spiro atoms. The Morgan fingerprint density at radius 2 is 1.91 bits per heavy atom. The Morgan fingerprint density at radius 3 is 2.48 bits per heavy atom. The third-order valence-corrected chi connectivity index (χ3v) is 7.11. The van der Waals surface area contributed by atoms with Crippen molar-refractivity contribution in [3.05, 3.63) is 0 Å². The van der Waals surface area contributed by atoms with Crippen LogP contribution >= 0.6 is 22.7 Å². The summed E-state index contributed by atoms with van der Waals surface area (Å²) in [6.45, 7) is 10.6. The lowest BCUT2D eigenvalue weighted by Gasteiger charge is -2.62. The minimum atomic E-state index is -0.737. The first kappa shape index (κ1) is 19.4. The highest BCUT2D eigenvalue weighted by molar-refractivity contribution is 8.66. The number of fused-ring (bicyclic) bond motifs is 1. The fourth-order valence-corrected chi connectivity index (χ4v) is 5.76. The molecular formula is C17H30O4S2. The Bertz CT molecular complexity index is 452. The molecule has 0 amide bonds. The number of thiol groups is 1. The van der Waals surface area contributed by atoms with E-state index in [0.717, 1.165) is 36.8 Å². The summed E-state index contributed by atoms with van der Waals surface area (Å²) in [6.07, 6.45) is 3.40. The van der Waals surface area contributed by atoms with Gasteiger partial charge in [-0.05, 0) is 43.9 Å². The zero-order chi connectivity index (χ0) is 17.5. The van der Waals surface area contributed by atoms with E-state index in [-0.39, 0.29) is 28.8 Å². The molecule has 0 aromatic rings. The van der Waals surface area contributed by atoms with Gasteiger partial charge in [0.1, 0.15) is 6.10 Å². The fourth-order valence-electron chi connectivity index (χ4n) is 5.38. The van der Waals surface area contributed by atoms with Gasteiger partial charge in [0, 0.05) is 18.3 Å². The zero-order valence-electron chi connectivity index (χ0n) is 14.8. The molecule has 4 nitrogen and oxygen atoms in total. The lowest BCUT2D eigenvalue weighted by Crippen LogP contribution is -2.62. The molecule has 2 fully saturated rings. The molecule has 0 saturated heterocycles. The van der Waals surface area contributed by atoms with E-state index >= 15 is 0 Å². The van der Waals surface area contributed by atoms with Crippen molar-refractivity contribution in [1.29, 1.82) is 0 Å². The van der Waals surface area contributed by atoms with E-state index in [4.69, 9.17) is 8.92 Å². The second-order valence-corrected chi connectivity index (χ2v) is 9.16. The normalized spacial score (nSPS) is 42.8. The van der Waals surface area contributed by atoms with Crippen LogP contribution in [0.4, 0.5) is 0 Å². The van der Waals surface area contributed by atoms with Gasteiger partial charge in [0.25, 0.3) is 0 Å². The van der Waals surface area contributed by atoms with Crippen LogP contribution in [0.25, 0.3) is 0 Å². The first-order valence-electron chi connectivity index (χ1n) is 8.38. The molecule has 0 bridgehead atoms. The van der Waals surface area contributed by atoms with Crippen LogP contribution in [0.5, 0.6) is 0 Å². The number of hydrogen-bond acceptors (Lipinski definition) is 6. The van der Waals surface area contributed by atoms with Crippen LogP contribution in [0, 0.1) is 22.7 Å². The standard InChI is InChI=1S/C17H30O4S2/c1-11(18)21-14-7-8-16(4)12(15(14,2)3)6-9-17(5,19)13(16)10-20-23-22/h12-14,19,22H,6-10H2,1-5H3. The SMILES string of the molecule is CC(=O)OC1CCC2(C)C(COSS)C(C)(O)CCC2C1(C)C. The Balaban J connectivity index is 2.31. The predicted molar refractivity (Wildman–Crippen MR) is 96.0 cm³/mol. The molecule has 0 aliphatic heterocycles. The molecule has 2 rings (SSSR count). The van der Waals surface area contributed by atoms with Crippen LogP contribution in [0.3, 0.4) is 0 Å². The highest BCUT2D eigenvalue weighted by Crippen LogP contribution is 2.62. The van der Waals surface area contributed by atoms with E-state index in [9.17, 15) is 9.90 Å². The molecule has 134 valence electrons. The van der Waals surface area contributed by atoms with Gasteiger partial charge in [0.05, 0.1) is 23.3 Å². The molecule has 2 aliphatic rings. The molecule has 2 saturated carbocycles. The van der Waals surface area contributed by atoms with E-state index in [1.54, 1.807) is 0 Å². The summed E-state index contributed by atoms with van der Waals surface area (Å²) in [6, 6.07) is 0. The van der Waals surface area contributed by atoms with Gasteiger partial charge < -0.3 is 14.0 Å². The average molecular weight is 363 g/mol. The monoisotopic (exact) mass is 362 g/mol. The molecule has 1 N–H and O–H groups in total. The third-order valence-electron chi connectivity index (χ3n) is 6.55. The smallest absolute Gasteiger partial charge is 0.302 e. The van der Waals surface area contributed by atoms with E-state index in [2.05, 4.69) is 32.4 Å². The van der Waals surface area contributed by atoms with E-state index in [0.29, 0.717) is 12.5 Å². The third kappa shape index (κ3) is 3.55. The first-order chi connectivity index (χ1) is 10.6. The second-order valence-electron chi connectivity index (χ2n) is 8.32. The van der Waals surface area contributed by atoms with Crippen molar-refractivity contribution >= 4 is 28.7 Å². The number of carbonyl (C=O) groups is 1. The van der Waals surface area contributed by atoms with E-state index < -0.39 is 5.60 Å². The van der Waals surface area contributed by atoms with E-state index in [1.165, 1.54) is 6.92 Å². The summed E-state index contributed by atoms with van der Waals surface area (Å²) >= 11 is 5.12. The van der Waals surface area contributed by atoms with Gasteiger partial charge in [-0.2, -0.15) is 0 Å². The number of carbonyl (C=O) groups excluding carboxylic acids is 1. The van der Waals surface area contributed by atoms with Crippen molar-refractivity contribution in [2.45, 2.75) is 72.0 Å². The molecular weight excluding hydrogens is 332 g/mol. The molecule has 0 heterocycles. The molecule has 0 radical (unpaired) electrons. The summed E-state index contributed by atoms with van der Waals surface area (Å²) in [5.41, 5.74) is -0.883. The van der Waals surface area contributed by atoms with Gasteiger partial charge >= 0.3 is 5.97 Å². The van der Waals surface area contributed by atoms with Gasteiger partial charge in [0.15, 0.2) is 0 Å². The first-order valence-corrected chi connectivity index (χ1v) is 10.2. The summed E-state index contributed by atoms with van der Waals surface area (Å²) in [5.74, 6) is 0.221. The minimum Gasteiger partial charge on any atom is -0.462 e. The Kier molecular flexibility index (Phi) is 5.72. The lowest BCUT2D eigenvalue weighted by molar-refractivity contribution is -0.210. The highest BCUT2D eigenvalue weighted by Gasteiger charge is 2.61. The van der Waals surface area contributed by atoms with Crippen molar-refractivity contribution in [3.63, 3.8) is 0 Å². The van der Waals surface area contributed by atoms with Crippen LogP contribution in [0.15, 0.2) is 0 Å². The topological polar surface area (TPSA) is 55.8 Å². The van der Waals surface area contributed by atoms with Crippen LogP contribution in [-0.4, -0.2) is 29.4 Å². The largest absolute Gasteiger partial charge is 0.462 e. The number of hydrogen-bond donors (Lipinski definition) is 2. The van der Waals surface area contributed by atoms with Crippen molar-refractivity contribution in [2.24, 2.45) is 22.7 Å². The zero-order valence-corrected chi connectivity index (χ0v) is 16.5. The summed E-state index contributed by atoms with van der Waals surface area (Å²) in [5, 5.41) is 10.9. The molecule has 0 aromatic heterocycles. The number of ether oxygens (including phenoxy) is 1. The number of rotatable bonds is 4. The molecule has 6 heteroatoms. The van der Waals surface area contributed by atoms with Crippen molar-refractivity contribution in [1.82, 2.24) is 0 Å². The van der Waals surface area contributed by atoms with Crippen molar-refractivity contribution < 1.29 is 18.8 Å². The molecule has 0 aromatic carbocycles. The Morgan fingerprint density at radius 1 is 1.26 bits per heavy atom. The number of aliphatic hydroxyl groups is 1. The maximum Gasteiger partial charge on any atom is 0.302 e. The van der Waals surface area contributed by atoms with E-state index in [1.807, 2.05) is 6.92 Å². The lowest BCUT2D eigenvalue weighted by atomic mass is 9.45. The van der Waals surface area contributed by atoms with Crippen molar-refractivity contribution in [2.75, 3.05) is 6.61 Å². The summed E-state index contributed by atoms with van der Waals surface area (Å²) < 4.78 is 11.1. The number of esters is 1.